The van der Waals surface area contributed by atoms with E-state index in [1.165, 1.54) is 5.56 Å². The second-order valence-corrected chi connectivity index (χ2v) is 6.13. The van der Waals surface area contributed by atoms with Crippen molar-refractivity contribution >= 4 is 29.1 Å². The maximum absolute atomic E-state index is 11.7. The Balaban J connectivity index is 1.71. The Bertz CT molecular complexity index is 939. The second kappa shape index (κ2) is 8.31. The van der Waals surface area contributed by atoms with Crippen LogP contribution in [0.5, 0.6) is 0 Å². The van der Waals surface area contributed by atoms with E-state index < -0.39 is 0 Å². The van der Waals surface area contributed by atoms with Crippen molar-refractivity contribution in [2.75, 3.05) is 17.2 Å². The molecule has 6 nitrogen and oxygen atoms in total. The fourth-order valence-electron chi connectivity index (χ4n) is 2.61. The zero-order valence-corrected chi connectivity index (χ0v) is 15.6. The minimum absolute atomic E-state index is 0.333. The molecule has 3 rings (SSSR count). The van der Waals surface area contributed by atoms with Gasteiger partial charge in [-0.1, -0.05) is 17.7 Å². The molecule has 0 aliphatic carbocycles. The molecule has 2 aromatic carbocycles. The van der Waals surface area contributed by atoms with Gasteiger partial charge in [0.05, 0.1) is 12.2 Å². The predicted octanol–water partition coefficient (Wildman–Crippen LogP) is 4.76. The highest BCUT2D eigenvalue weighted by atomic mass is 16.5. The van der Waals surface area contributed by atoms with Crippen molar-refractivity contribution in [1.82, 2.24) is 9.97 Å². The fourth-order valence-corrected chi connectivity index (χ4v) is 2.61. The Kier molecular flexibility index (Phi) is 5.66. The van der Waals surface area contributed by atoms with Gasteiger partial charge < -0.3 is 15.4 Å². The number of carbonyl (C=O) groups excluding carboxylic acids is 1. The van der Waals surface area contributed by atoms with Crippen molar-refractivity contribution in [1.29, 1.82) is 0 Å². The third-order valence-electron chi connectivity index (χ3n) is 3.95. The maximum Gasteiger partial charge on any atom is 0.338 e. The first-order valence-electron chi connectivity index (χ1n) is 8.76. The SMILES string of the molecule is CCOC(=O)c1ccc(Nc2nccc(Nc3ccc(C)cc3C)n2)cc1. The van der Waals surface area contributed by atoms with Gasteiger partial charge in [0.15, 0.2) is 0 Å². The number of aryl methyl sites for hydroxylation is 2. The highest BCUT2D eigenvalue weighted by Gasteiger charge is 2.07. The van der Waals surface area contributed by atoms with E-state index in [9.17, 15) is 4.79 Å². The van der Waals surface area contributed by atoms with Gasteiger partial charge in [-0.15, -0.1) is 0 Å². The lowest BCUT2D eigenvalue weighted by atomic mass is 10.1. The zero-order valence-electron chi connectivity index (χ0n) is 15.6. The van der Waals surface area contributed by atoms with Crippen LogP contribution in [0.2, 0.25) is 0 Å². The number of benzene rings is 2. The molecule has 1 heterocycles. The molecule has 0 unspecified atom stereocenters. The Morgan fingerprint density at radius 1 is 1.04 bits per heavy atom. The summed E-state index contributed by atoms with van der Waals surface area (Å²) in [5.41, 5.74) is 4.66. The molecule has 6 heteroatoms. The number of ether oxygens (including phenoxy) is 1. The van der Waals surface area contributed by atoms with Crippen molar-refractivity contribution in [3.05, 3.63) is 71.4 Å². The van der Waals surface area contributed by atoms with E-state index in [2.05, 4.69) is 46.6 Å². The molecule has 0 saturated carbocycles. The number of nitrogens with one attached hydrogen (secondary N) is 2. The van der Waals surface area contributed by atoms with Crippen LogP contribution >= 0.6 is 0 Å². The van der Waals surface area contributed by atoms with E-state index in [1.54, 1.807) is 37.4 Å². The molecule has 0 saturated heterocycles. The van der Waals surface area contributed by atoms with Gasteiger partial charge in [0, 0.05) is 17.6 Å². The summed E-state index contributed by atoms with van der Waals surface area (Å²) in [6.07, 6.45) is 1.69. The minimum Gasteiger partial charge on any atom is -0.462 e. The summed E-state index contributed by atoms with van der Waals surface area (Å²) in [7, 11) is 0. The van der Waals surface area contributed by atoms with E-state index in [1.807, 2.05) is 12.1 Å². The maximum atomic E-state index is 11.7. The molecule has 2 N–H and O–H groups in total. The van der Waals surface area contributed by atoms with Crippen molar-refractivity contribution in [3.8, 4) is 0 Å². The molecule has 0 aliphatic rings. The molecular weight excluding hydrogens is 340 g/mol. The molecule has 0 amide bonds. The first kappa shape index (κ1) is 18.4. The van der Waals surface area contributed by atoms with E-state index in [0.717, 1.165) is 16.9 Å². The van der Waals surface area contributed by atoms with Gasteiger partial charge in [-0.05, 0) is 62.7 Å². The quantitative estimate of drug-likeness (QED) is 0.616. The Morgan fingerprint density at radius 3 is 2.52 bits per heavy atom. The van der Waals surface area contributed by atoms with E-state index in [4.69, 9.17) is 4.74 Å². The largest absolute Gasteiger partial charge is 0.462 e. The highest BCUT2D eigenvalue weighted by molar-refractivity contribution is 5.89. The van der Waals surface area contributed by atoms with Crippen LogP contribution in [0.4, 0.5) is 23.1 Å². The van der Waals surface area contributed by atoms with Crippen LogP contribution in [-0.2, 0) is 4.74 Å². The summed E-state index contributed by atoms with van der Waals surface area (Å²) in [6, 6.07) is 15.0. The molecule has 0 atom stereocenters. The Morgan fingerprint density at radius 2 is 1.81 bits per heavy atom. The van der Waals surface area contributed by atoms with Crippen LogP contribution in [0.15, 0.2) is 54.7 Å². The molecule has 138 valence electrons. The normalized spacial score (nSPS) is 10.3. The lowest BCUT2D eigenvalue weighted by molar-refractivity contribution is 0.0526. The monoisotopic (exact) mass is 362 g/mol. The zero-order chi connectivity index (χ0) is 19.2. The number of nitrogens with zero attached hydrogens (tertiary/aromatic N) is 2. The molecule has 27 heavy (non-hydrogen) atoms. The summed E-state index contributed by atoms with van der Waals surface area (Å²) in [5.74, 6) is 0.830. The number of esters is 1. The standard InChI is InChI=1S/C21H22N4O2/c1-4-27-20(26)16-6-8-17(9-7-16)23-21-22-12-11-19(25-21)24-18-10-5-14(2)13-15(18)3/h5-13H,4H2,1-3H3,(H2,22,23,24,25). The van der Waals surface area contributed by atoms with Crippen LogP contribution in [0.1, 0.15) is 28.4 Å². The number of hydrogen-bond donors (Lipinski definition) is 2. The average molecular weight is 362 g/mol. The molecule has 0 spiro atoms. The van der Waals surface area contributed by atoms with Gasteiger partial charge in [0.2, 0.25) is 5.95 Å². The van der Waals surface area contributed by atoms with E-state index in [-0.39, 0.29) is 5.97 Å². The van der Waals surface area contributed by atoms with Gasteiger partial charge in [-0.2, -0.15) is 4.98 Å². The molecule has 0 aliphatic heterocycles. The number of hydrogen-bond acceptors (Lipinski definition) is 6. The second-order valence-electron chi connectivity index (χ2n) is 6.13. The average Bonchev–Trinajstić information content (AvgIpc) is 2.65. The van der Waals surface area contributed by atoms with Crippen LogP contribution in [-0.4, -0.2) is 22.5 Å². The van der Waals surface area contributed by atoms with Crippen LogP contribution in [0.25, 0.3) is 0 Å². The lowest BCUT2D eigenvalue weighted by Crippen LogP contribution is -2.05. The van der Waals surface area contributed by atoms with E-state index >= 15 is 0 Å². The van der Waals surface area contributed by atoms with Crippen molar-refractivity contribution in [3.63, 3.8) is 0 Å². The lowest BCUT2D eigenvalue weighted by Gasteiger charge is -2.11. The van der Waals surface area contributed by atoms with Gasteiger partial charge >= 0.3 is 5.97 Å². The highest BCUT2D eigenvalue weighted by Crippen LogP contribution is 2.21. The molecule has 0 fully saturated rings. The topological polar surface area (TPSA) is 76.1 Å². The Labute approximate surface area is 158 Å². The number of rotatable bonds is 6. The fraction of sp³-hybridized carbons (Fsp3) is 0.190. The predicted molar refractivity (Wildman–Crippen MR) is 107 cm³/mol. The molecule has 3 aromatic rings. The van der Waals surface area contributed by atoms with Gasteiger partial charge in [-0.25, -0.2) is 9.78 Å². The number of carbonyl (C=O) groups is 1. The van der Waals surface area contributed by atoms with Gasteiger partial charge in [-0.3, -0.25) is 0 Å². The third kappa shape index (κ3) is 4.82. The summed E-state index contributed by atoms with van der Waals surface area (Å²) in [5, 5.41) is 6.45. The number of anilines is 4. The van der Waals surface area contributed by atoms with Crippen LogP contribution in [0.3, 0.4) is 0 Å². The first-order chi connectivity index (χ1) is 13.0. The molecule has 0 radical (unpaired) electrons. The number of aromatic nitrogens is 2. The smallest absolute Gasteiger partial charge is 0.338 e. The summed E-state index contributed by atoms with van der Waals surface area (Å²) < 4.78 is 4.98. The van der Waals surface area contributed by atoms with E-state index in [0.29, 0.717) is 23.9 Å². The summed E-state index contributed by atoms with van der Waals surface area (Å²) in [4.78, 5) is 20.4. The van der Waals surface area contributed by atoms with Crippen molar-refractivity contribution < 1.29 is 9.53 Å². The summed E-state index contributed by atoms with van der Waals surface area (Å²) >= 11 is 0. The van der Waals surface area contributed by atoms with Gasteiger partial charge in [0.25, 0.3) is 0 Å². The summed E-state index contributed by atoms with van der Waals surface area (Å²) in [6.45, 7) is 6.26. The van der Waals surface area contributed by atoms with Gasteiger partial charge in [0.1, 0.15) is 5.82 Å². The van der Waals surface area contributed by atoms with Crippen LogP contribution < -0.4 is 10.6 Å². The third-order valence-corrected chi connectivity index (χ3v) is 3.95. The molecular formula is C21H22N4O2. The van der Waals surface area contributed by atoms with Crippen molar-refractivity contribution in [2.45, 2.75) is 20.8 Å². The molecule has 0 bridgehead atoms. The van der Waals surface area contributed by atoms with Crippen LogP contribution in [0, 0.1) is 13.8 Å². The Hall–Kier alpha value is -3.41. The molecule has 1 aromatic heterocycles. The minimum atomic E-state index is -0.333. The first-order valence-corrected chi connectivity index (χ1v) is 8.76. The van der Waals surface area contributed by atoms with Crippen molar-refractivity contribution in [2.24, 2.45) is 0 Å².